The maximum atomic E-state index is 13.0. The summed E-state index contributed by atoms with van der Waals surface area (Å²) in [4.78, 5) is 29.0. The van der Waals surface area contributed by atoms with Gasteiger partial charge >= 0.3 is 0 Å². The number of primary sulfonamides is 1. The van der Waals surface area contributed by atoms with Crippen LogP contribution in [0.2, 0.25) is 0 Å². The van der Waals surface area contributed by atoms with E-state index in [9.17, 15) is 18.0 Å². The predicted molar refractivity (Wildman–Crippen MR) is 107 cm³/mol. The first-order valence-electron chi connectivity index (χ1n) is 10.4. The molecular weight excluding hydrogens is 410 g/mol. The van der Waals surface area contributed by atoms with Gasteiger partial charge in [-0.1, -0.05) is 12.8 Å². The molecule has 2 N–H and O–H groups in total. The van der Waals surface area contributed by atoms with Crippen molar-refractivity contribution in [2.75, 3.05) is 26.2 Å². The fourth-order valence-corrected chi connectivity index (χ4v) is 5.79. The second kappa shape index (κ2) is 7.65. The quantitative estimate of drug-likeness (QED) is 0.756. The number of nitrogens with zero attached hydrogens (tertiary/aromatic N) is 2. The number of hydrogen-bond acceptors (Lipinski definition) is 6. The highest BCUT2D eigenvalue weighted by atomic mass is 32.2. The number of sulfonamides is 1. The Balaban J connectivity index is 1.39. The summed E-state index contributed by atoms with van der Waals surface area (Å²) in [7, 11) is -3.96. The number of amides is 2. The highest BCUT2D eigenvalue weighted by Gasteiger charge is 2.46. The molecule has 1 aromatic heterocycles. The molecule has 0 bridgehead atoms. The maximum Gasteiger partial charge on any atom is 0.289 e. The van der Waals surface area contributed by atoms with Crippen molar-refractivity contribution in [2.45, 2.75) is 63.0 Å². The van der Waals surface area contributed by atoms with Gasteiger partial charge in [0.15, 0.2) is 5.76 Å². The lowest BCUT2D eigenvalue weighted by molar-refractivity contribution is -0.143. The molecule has 1 saturated carbocycles. The Kier molecular flexibility index (Phi) is 5.44. The molecule has 30 heavy (non-hydrogen) atoms. The molecule has 2 atom stereocenters. The second-order valence-corrected chi connectivity index (χ2v) is 10.4. The third-order valence-corrected chi connectivity index (χ3v) is 7.76. The summed E-state index contributed by atoms with van der Waals surface area (Å²) in [5.41, 5.74) is 0.182. The summed E-state index contributed by atoms with van der Waals surface area (Å²) in [5.74, 6) is -0.385. The van der Waals surface area contributed by atoms with Crippen LogP contribution in [0.1, 0.15) is 55.3 Å². The Morgan fingerprint density at radius 1 is 1.23 bits per heavy atom. The zero-order chi connectivity index (χ0) is 21.7. The third kappa shape index (κ3) is 3.88. The lowest BCUT2D eigenvalue weighted by Gasteiger charge is -2.40. The number of hydrogen-bond donors (Lipinski definition) is 1. The Morgan fingerprint density at radius 3 is 2.53 bits per heavy atom. The zero-order valence-electron chi connectivity index (χ0n) is 17.4. The van der Waals surface area contributed by atoms with Crippen molar-refractivity contribution in [3.05, 3.63) is 17.6 Å². The molecular formula is C20H29N3O6S. The Labute approximate surface area is 176 Å². The number of carbonyl (C=O) groups excluding carboxylic acids is 2. The van der Waals surface area contributed by atoms with E-state index in [2.05, 4.69) is 0 Å². The minimum atomic E-state index is -3.96. The Hall–Kier alpha value is -1.91. The first-order valence-corrected chi connectivity index (χ1v) is 12.0. The molecule has 3 aliphatic rings. The summed E-state index contributed by atoms with van der Waals surface area (Å²) >= 11 is 0. The first-order chi connectivity index (χ1) is 14.1. The number of rotatable bonds is 3. The van der Waals surface area contributed by atoms with E-state index in [1.807, 2.05) is 6.92 Å². The van der Waals surface area contributed by atoms with Crippen LogP contribution in [0.3, 0.4) is 0 Å². The van der Waals surface area contributed by atoms with Crippen molar-refractivity contribution in [2.24, 2.45) is 10.6 Å². The van der Waals surface area contributed by atoms with Crippen molar-refractivity contribution in [3.8, 4) is 0 Å². The summed E-state index contributed by atoms with van der Waals surface area (Å²) in [6.45, 7) is 5.13. The normalized spacial score (nSPS) is 26.5. The SMILES string of the molecule is Cc1oc(C(=O)N2CCN(C(=O)C3CC4(CCCC4)CO3)CC2C)cc1S(N)(=O)=O. The van der Waals surface area contributed by atoms with Crippen LogP contribution in [-0.2, 0) is 19.6 Å². The average molecular weight is 440 g/mol. The molecule has 4 rings (SSSR count). The summed E-state index contributed by atoms with van der Waals surface area (Å²) in [6.07, 6.45) is 5.10. The molecule has 166 valence electrons. The number of piperazine rings is 1. The van der Waals surface area contributed by atoms with Gasteiger partial charge in [-0.05, 0) is 38.5 Å². The van der Waals surface area contributed by atoms with E-state index in [1.165, 1.54) is 25.8 Å². The van der Waals surface area contributed by atoms with Crippen LogP contribution < -0.4 is 5.14 Å². The van der Waals surface area contributed by atoms with Crippen LogP contribution in [0.25, 0.3) is 0 Å². The molecule has 1 spiro atoms. The number of ether oxygens (including phenoxy) is 1. The van der Waals surface area contributed by atoms with Crippen LogP contribution in [-0.4, -0.2) is 68.4 Å². The van der Waals surface area contributed by atoms with Crippen LogP contribution in [0.5, 0.6) is 0 Å². The predicted octanol–water partition coefficient (Wildman–Crippen LogP) is 1.26. The highest BCUT2D eigenvalue weighted by molar-refractivity contribution is 7.89. The molecule has 1 aromatic rings. The van der Waals surface area contributed by atoms with E-state index in [0.717, 1.165) is 19.3 Å². The Morgan fingerprint density at radius 2 is 1.93 bits per heavy atom. The minimum Gasteiger partial charge on any atom is -0.455 e. The number of nitrogens with two attached hydrogens (primary N) is 1. The summed E-state index contributed by atoms with van der Waals surface area (Å²) in [5, 5.41) is 5.16. The lowest BCUT2D eigenvalue weighted by Crippen LogP contribution is -2.57. The first kappa shape index (κ1) is 21.3. The number of furan rings is 1. The molecule has 0 aromatic carbocycles. The molecule has 3 heterocycles. The smallest absolute Gasteiger partial charge is 0.289 e. The molecule has 3 fully saturated rings. The largest absolute Gasteiger partial charge is 0.455 e. The van der Waals surface area contributed by atoms with Gasteiger partial charge in [-0.15, -0.1) is 0 Å². The highest BCUT2D eigenvalue weighted by Crippen LogP contribution is 2.46. The van der Waals surface area contributed by atoms with Crippen molar-refractivity contribution >= 4 is 21.8 Å². The molecule has 2 unspecified atom stereocenters. The van der Waals surface area contributed by atoms with E-state index in [-0.39, 0.29) is 39.9 Å². The Bertz CT molecular complexity index is 950. The summed E-state index contributed by atoms with van der Waals surface area (Å²) in [6, 6.07) is 0.936. The van der Waals surface area contributed by atoms with E-state index in [0.29, 0.717) is 26.2 Å². The molecule has 0 radical (unpaired) electrons. The monoisotopic (exact) mass is 439 g/mol. The van der Waals surface area contributed by atoms with E-state index in [4.69, 9.17) is 14.3 Å². The van der Waals surface area contributed by atoms with Crippen molar-refractivity contribution < 1.29 is 27.2 Å². The van der Waals surface area contributed by atoms with Gasteiger partial charge in [-0.2, -0.15) is 0 Å². The average Bonchev–Trinajstić information content (AvgIpc) is 3.41. The van der Waals surface area contributed by atoms with Gasteiger partial charge in [-0.3, -0.25) is 9.59 Å². The second-order valence-electron chi connectivity index (χ2n) is 8.92. The number of carbonyl (C=O) groups is 2. The van der Waals surface area contributed by atoms with Crippen molar-refractivity contribution in [3.63, 3.8) is 0 Å². The standard InChI is InChI=1S/C20H29N3O6S/c1-13-11-22(18(24)16-10-20(12-28-16)5-3-4-6-20)7-8-23(13)19(25)15-9-17(14(2)29-15)30(21,26)27/h9,13,16H,3-8,10-12H2,1-2H3,(H2,21,26,27). The fourth-order valence-electron chi connectivity index (χ4n) is 5.08. The lowest BCUT2D eigenvalue weighted by atomic mass is 9.83. The van der Waals surface area contributed by atoms with Gasteiger partial charge in [0.05, 0.1) is 6.61 Å². The fraction of sp³-hybridized carbons (Fsp3) is 0.700. The minimum absolute atomic E-state index is 0.00285. The van der Waals surface area contributed by atoms with Crippen molar-refractivity contribution in [1.29, 1.82) is 0 Å². The van der Waals surface area contributed by atoms with Crippen LogP contribution in [0.4, 0.5) is 0 Å². The third-order valence-electron chi connectivity index (χ3n) is 6.74. The van der Waals surface area contributed by atoms with Crippen LogP contribution in [0, 0.1) is 12.3 Å². The molecule has 2 saturated heterocycles. The van der Waals surface area contributed by atoms with Crippen LogP contribution >= 0.6 is 0 Å². The van der Waals surface area contributed by atoms with Gasteiger partial charge in [0.25, 0.3) is 11.8 Å². The van der Waals surface area contributed by atoms with Gasteiger partial charge in [0, 0.05) is 31.7 Å². The molecule has 9 nitrogen and oxygen atoms in total. The topological polar surface area (TPSA) is 123 Å². The van der Waals surface area contributed by atoms with Gasteiger partial charge in [0.1, 0.15) is 16.8 Å². The number of aryl methyl sites for hydroxylation is 1. The van der Waals surface area contributed by atoms with Gasteiger partial charge in [0.2, 0.25) is 10.0 Å². The summed E-state index contributed by atoms with van der Waals surface area (Å²) < 4.78 is 34.4. The molecule has 10 heteroatoms. The zero-order valence-corrected chi connectivity index (χ0v) is 18.2. The van der Waals surface area contributed by atoms with E-state index in [1.54, 1.807) is 9.80 Å². The van der Waals surface area contributed by atoms with Crippen molar-refractivity contribution in [1.82, 2.24) is 9.80 Å². The van der Waals surface area contributed by atoms with Crippen LogP contribution in [0.15, 0.2) is 15.4 Å². The molecule has 2 amide bonds. The maximum absolute atomic E-state index is 13.0. The molecule has 1 aliphatic carbocycles. The van der Waals surface area contributed by atoms with Gasteiger partial charge < -0.3 is 19.0 Å². The van der Waals surface area contributed by atoms with E-state index >= 15 is 0 Å². The molecule has 2 aliphatic heterocycles. The van der Waals surface area contributed by atoms with Gasteiger partial charge in [-0.25, -0.2) is 13.6 Å². The van der Waals surface area contributed by atoms with E-state index < -0.39 is 15.9 Å².